The third-order valence-electron chi connectivity index (χ3n) is 3.90. The van der Waals surface area contributed by atoms with Crippen molar-refractivity contribution in [3.05, 3.63) is 29.3 Å². The lowest BCUT2D eigenvalue weighted by atomic mass is 9.78. The molecule has 1 aromatic carbocycles. The number of amides is 1. The summed E-state index contributed by atoms with van der Waals surface area (Å²) in [6.45, 7) is 0.714. The maximum atomic E-state index is 12.2. The Labute approximate surface area is 111 Å². The maximum absolute atomic E-state index is 12.2. The fraction of sp³-hybridized carbons (Fsp3) is 0.500. The van der Waals surface area contributed by atoms with E-state index in [1.54, 1.807) is 0 Å². The number of fused-ring (bicyclic) bond motifs is 1. The van der Waals surface area contributed by atoms with Crippen molar-refractivity contribution in [1.82, 2.24) is 5.32 Å². The van der Waals surface area contributed by atoms with Gasteiger partial charge < -0.3 is 10.1 Å². The number of carbonyl (C=O) groups excluding carboxylic acids is 1. The Hall–Kier alpha value is -1.22. The van der Waals surface area contributed by atoms with Gasteiger partial charge in [0.15, 0.2) is 0 Å². The van der Waals surface area contributed by atoms with E-state index >= 15 is 0 Å². The molecule has 1 heterocycles. The van der Waals surface area contributed by atoms with Gasteiger partial charge in [0.05, 0.1) is 12.1 Å². The second-order valence-corrected chi connectivity index (χ2v) is 5.41. The molecule has 1 aromatic rings. The van der Waals surface area contributed by atoms with Gasteiger partial charge in [0, 0.05) is 17.9 Å². The van der Waals surface area contributed by atoms with Crippen molar-refractivity contribution >= 4 is 17.5 Å². The van der Waals surface area contributed by atoms with Crippen LogP contribution in [-0.2, 0) is 6.42 Å². The fourth-order valence-electron chi connectivity index (χ4n) is 2.54. The fourth-order valence-corrected chi connectivity index (χ4v) is 2.87. The van der Waals surface area contributed by atoms with Crippen LogP contribution in [0.2, 0.25) is 0 Å². The SMILES string of the molecule is O=C(NC1(CCl)CCC1)c1ccc2c(c1)CCO2. The van der Waals surface area contributed by atoms with E-state index in [0.717, 1.165) is 37.0 Å². The van der Waals surface area contributed by atoms with Crippen LogP contribution >= 0.6 is 11.6 Å². The summed E-state index contributed by atoms with van der Waals surface area (Å²) in [5.74, 6) is 1.37. The second-order valence-electron chi connectivity index (χ2n) is 5.14. The van der Waals surface area contributed by atoms with E-state index in [2.05, 4.69) is 5.32 Å². The minimum atomic E-state index is -0.172. The zero-order valence-corrected chi connectivity index (χ0v) is 10.9. The lowest BCUT2D eigenvalue weighted by molar-refractivity contribution is 0.0854. The van der Waals surface area contributed by atoms with Crippen LogP contribution in [0.1, 0.15) is 35.2 Å². The Balaban J connectivity index is 1.76. The highest BCUT2D eigenvalue weighted by Gasteiger charge is 2.37. The number of nitrogens with one attached hydrogen (secondary N) is 1. The molecular formula is C14H16ClNO2. The monoisotopic (exact) mass is 265 g/mol. The number of benzene rings is 1. The van der Waals surface area contributed by atoms with Crippen molar-refractivity contribution < 1.29 is 9.53 Å². The molecular weight excluding hydrogens is 250 g/mol. The van der Waals surface area contributed by atoms with Gasteiger partial charge >= 0.3 is 0 Å². The van der Waals surface area contributed by atoms with Gasteiger partial charge in [0.25, 0.3) is 5.91 Å². The summed E-state index contributed by atoms with van der Waals surface area (Å²) in [4.78, 5) is 12.2. The van der Waals surface area contributed by atoms with Gasteiger partial charge in [0.1, 0.15) is 5.75 Å². The first kappa shape index (κ1) is 11.8. The molecule has 0 aromatic heterocycles. The molecule has 0 saturated heterocycles. The van der Waals surface area contributed by atoms with E-state index in [0.29, 0.717) is 18.1 Å². The van der Waals surface area contributed by atoms with E-state index in [9.17, 15) is 4.79 Å². The Kier molecular flexibility index (Phi) is 2.94. The first-order chi connectivity index (χ1) is 8.72. The molecule has 18 heavy (non-hydrogen) atoms. The molecule has 1 amide bonds. The maximum Gasteiger partial charge on any atom is 0.251 e. The highest BCUT2D eigenvalue weighted by molar-refractivity contribution is 6.19. The zero-order chi connectivity index (χ0) is 12.6. The molecule has 1 aliphatic heterocycles. The first-order valence-corrected chi connectivity index (χ1v) is 6.90. The molecule has 2 aliphatic rings. The molecule has 0 bridgehead atoms. The molecule has 1 fully saturated rings. The summed E-state index contributed by atoms with van der Waals surface area (Å²) in [7, 11) is 0. The van der Waals surface area contributed by atoms with Crippen molar-refractivity contribution in [2.24, 2.45) is 0 Å². The Morgan fingerprint density at radius 1 is 1.44 bits per heavy atom. The molecule has 1 saturated carbocycles. The van der Waals surface area contributed by atoms with Gasteiger partial charge in [-0.05, 0) is 43.0 Å². The summed E-state index contributed by atoms with van der Waals surface area (Å²) in [6, 6.07) is 5.63. The van der Waals surface area contributed by atoms with Crippen LogP contribution in [-0.4, -0.2) is 23.9 Å². The summed E-state index contributed by atoms with van der Waals surface area (Å²) in [5.41, 5.74) is 1.65. The lowest BCUT2D eigenvalue weighted by Gasteiger charge is -2.41. The van der Waals surface area contributed by atoms with Crippen molar-refractivity contribution in [3.63, 3.8) is 0 Å². The van der Waals surface area contributed by atoms with Crippen LogP contribution in [0, 0.1) is 0 Å². The van der Waals surface area contributed by atoms with Crippen LogP contribution in [0.15, 0.2) is 18.2 Å². The van der Waals surface area contributed by atoms with Crippen LogP contribution < -0.4 is 10.1 Å². The summed E-state index contributed by atoms with van der Waals surface area (Å²) >= 11 is 5.95. The smallest absolute Gasteiger partial charge is 0.251 e. The van der Waals surface area contributed by atoms with Crippen LogP contribution in [0.25, 0.3) is 0 Å². The number of rotatable bonds is 3. The zero-order valence-electron chi connectivity index (χ0n) is 10.2. The minimum absolute atomic E-state index is 0.0231. The topological polar surface area (TPSA) is 38.3 Å². The number of halogens is 1. The predicted octanol–water partition coefficient (Wildman–Crippen LogP) is 2.51. The highest BCUT2D eigenvalue weighted by Crippen LogP contribution is 2.33. The van der Waals surface area contributed by atoms with Crippen molar-refractivity contribution in [2.75, 3.05) is 12.5 Å². The van der Waals surface area contributed by atoms with Gasteiger partial charge in [-0.3, -0.25) is 4.79 Å². The van der Waals surface area contributed by atoms with Gasteiger partial charge in [-0.25, -0.2) is 0 Å². The van der Waals surface area contributed by atoms with Gasteiger partial charge in [-0.2, -0.15) is 0 Å². The molecule has 1 aliphatic carbocycles. The number of hydrogen-bond donors (Lipinski definition) is 1. The van der Waals surface area contributed by atoms with Gasteiger partial charge in [-0.15, -0.1) is 11.6 Å². The third-order valence-corrected chi connectivity index (χ3v) is 4.41. The Bertz CT molecular complexity index is 477. The quantitative estimate of drug-likeness (QED) is 0.853. The normalized spacial score (nSPS) is 19.6. The van der Waals surface area contributed by atoms with Crippen LogP contribution in [0.4, 0.5) is 0 Å². The molecule has 1 N–H and O–H groups in total. The third kappa shape index (κ3) is 1.97. The number of carbonyl (C=O) groups is 1. The summed E-state index contributed by atoms with van der Waals surface area (Å²) in [5, 5.41) is 3.08. The number of alkyl halides is 1. The molecule has 4 heteroatoms. The Morgan fingerprint density at radius 3 is 2.94 bits per heavy atom. The second kappa shape index (κ2) is 4.47. The van der Waals surface area contributed by atoms with E-state index in [4.69, 9.17) is 16.3 Å². The van der Waals surface area contributed by atoms with E-state index in [-0.39, 0.29) is 11.4 Å². The number of hydrogen-bond acceptors (Lipinski definition) is 2. The standard InChI is InChI=1S/C14H16ClNO2/c15-9-14(5-1-6-14)16-13(17)11-2-3-12-10(8-11)4-7-18-12/h2-3,8H,1,4-7,9H2,(H,16,17). The number of ether oxygens (including phenoxy) is 1. The van der Waals surface area contributed by atoms with Crippen LogP contribution in [0.3, 0.4) is 0 Å². The largest absolute Gasteiger partial charge is 0.493 e. The lowest BCUT2D eigenvalue weighted by Crippen LogP contribution is -2.55. The van der Waals surface area contributed by atoms with Crippen LogP contribution in [0.5, 0.6) is 5.75 Å². The molecule has 3 nitrogen and oxygen atoms in total. The minimum Gasteiger partial charge on any atom is -0.493 e. The highest BCUT2D eigenvalue weighted by atomic mass is 35.5. The Morgan fingerprint density at radius 2 is 2.28 bits per heavy atom. The van der Waals surface area contributed by atoms with E-state index < -0.39 is 0 Å². The average molecular weight is 266 g/mol. The van der Waals surface area contributed by atoms with Crippen molar-refractivity contribution in [1.29, 1.82) is 0 Å². The molecule has 0 unspecified atom stereocenters. The van der Waals surface area contributed by atoms with Crippen molar-refractivity contribution in [2.45, 2.75) is 31.2 Å². The predicted molar refractivity (Wildman–Crippen MR) is 70.4 cm³/mol. The molecule has 3 rings (SSSR count). The van der Waals surface area contributed by atoms with Gasteiger partial charge in [-0.1, -0.05) is 0 Å². The molecule has 0 radical (unpaired) electrons. The van der Waals surface area contributed by atoms with E-state index in [1.807, 2.05) is 18.2 Å². The molecule has 96 valence electrons. The average Bonchev–Trinajstić information content (AvgIpc) is 2.80. The first-order valence-electron chi connectivity index (χ1n) is 6.37. The van der Waals surface area contributed by atoms with Gasteiger partial charge in [0.2, 0.25) is 0 Å². The summed E-state index contributed by atoms with van der Waals surface area (Å²) < 4.78 is 5.43. The summed E-state index contributed by atoms with van der Waals surface area (Å²) in [6.07, 6.45) is 3.99. The van der Waals surface area contributed by atoms with Crippen molar-refractivity contribution in [3.8, 4) is 5.75 Å². The van der Waals surface area contributed by atoms with E-state index in [1.165, 1.54) is 0 Å². The molecule has 0 atom stereocenters. The molecule has 0 spiro atoms.